The first-order valence-electron chi connectivity index (χ1n) is 7.36. The summed E-state index contributed by atoms with van der Waals surface area (Å²) in [6.07, 6.45) is 0. The Morgan fingerprint density at radius 2 is 1.83 bits per heavy atom. The SMILES string of the molecule is Brc1cc2c(cc1CSc1nnnn1-c1ccccc1)OCCO2. The van der Waals surface area contributed by atoms with Gasteiger partial charge in [0.25, 0.3) is 0 Å². The standard InChI is InChI=1S/C16H13BrN4O2S/c17-13-9-15-14(22-6-7-23-15)8-11(13)10-24-16-18-19-20-21(16)12-4-2-1-3-5-12/h1-5,8-9H,6-7,10H2. The van der Waals surface area contributed by atoms with Crippen molar-refractivity contribution in [2.24, 2.45) is 0 Å². The van der Waals surface area contributed by atoms with Crippen molar-refractivity contribution in [2.75, 3.05) is 13.2 Å². The first-order chi connectivity index (χ1) is 11.8. The zero-order valence-corrected chi connectivity index (χ0v) is 15.0. The van der Waals surface area contributed by atoms with Crippen LogP contribution in [0, 0.1) is 0 Å². The highest BCUT2D eigenvalue weighted by Gasteiger charge is 2.16. The molecule has 3 aromatic rings. The fourth-order valence-corrected chi connectivity index (χ4v) is 3.89. The molecule has 0 amide bonds. The van der Waals surface area contributed by atoms with Gasteiger partial charge >= 0.3 is 0 Å². The summed E-state index contributed by atoms with van der Waals surface area (Å²) in [7, 11) is 0. The molecule has 122 valence electrons. The molecule has 0 unspecified atom stereocenters. The summed E-state index contributed by atoms with van der Waals surface area (Å²) < 4.78 is 14.0. The van der Waals surface area contributed by atoms with E-state index >= 15 is 0 Å². The van der Waals surface area contributed by atoms with Crippen LogP contribution in [-0.4, -0.2) is 33.4 Å². The fraction of sp³-hybridized carbons (Fsp3) is 0.188. The number of thioether (sulfide) groups is 1. The van der Waals surface area contributed by atoms with E-state index in [1.807, 2.05) is 42.5 Å². The van der Waals surface area contributed by atoms with Gasteiger partial charge in [-0.1, -0.05) is 45.9 Å². The average Bonchev–Trinajstić information content (AvgIpc) is 3.09. The van der Waals surface area contributed by atoms with Crippen molar-refractivity contribution in [1.82, 2.24) is 20.2 Å². The summed E-state index contributed by atoms with van der Waals surface area (Å²) >= 11 is 5.16. The molecule has 0 radical (unpaired) electrons. The predicted octanol–water partition coefficient (Wildman–Crippen LogP) is 3.49. The molecule has 0 saturated heterocycles. The van der Waals surface area contributed by atoms with Gasteiger partial charge in [-0.15, -0.1) is 5.10 Å². The van der Waals surface area contributed by atoms with Gasteiger partial charge in [-0.2, -0.15) is 4.68 Å². The van der Waals surface area contributed by atoms with Crippen molar-refractivity contribution in [3.63, 3.8) is 0 Å². The molecule has 0 saturated carbocycles. The van der Waals surface area contributed by atoms with Crippen molar-refractivity contribution in [1.29, 1.82) is 0 Å². The van der Waals surface area contributed by atoms with Crippen LogP contribution in [0.15, 0.2) is 52.1 Å². The second-order valence-corrected chi connectivity index (χ2v) is 6.88. The van der Waals surface area contributed by atoms with Gasteiger partial charge in [0.2, 0.25) is 5.16 Å². The van der Waals surface area contributed by atoms with Crippen molar-refractivity contribution in [3.8, 4) is 17.2 Å². The van der Waals surface area contributed by atoms with Gasteiger partial charge in [-0.05, 0) is 40.3 Å². The molecule has 0 N–H and O–H groups in total. The molecule has 0 bridgehead atoms. The van der Waals surface area contributed by atoms with Crippen LogP contribution in [-0.2, 0) is 5.75 Å². The third-order valence-corrected chi connectivity index (χ3v) is 5.22. The second-order valence-electron chi connectivity index (χ2n) is 5.08. The number of nitrogens with zero attached hydrogens (tertiary/aromatic N) is 4. The number of halogens is 1. The van der Waals surface area contributed by atoms with Crippen LogP contribution in [0.2, 0.25) is 0 Å². The second kappa shape index (κ2) is 6.82. The molecular weight excluding hydrogens is 392 g/mol. The van der Waals surface area contributed by atoms with Gasteiger partial charge in [0.05, 0.1) is 5.69 Å². The van der Waals surface area contributed by atoms with E-state index in [1.54, 1.807) is 16.4 Å². The van der Waals surface area contributed by atoms with Crippen LogP contribution in [0.1, 0.15) is 5.56 Å². The number of rotatable bonds is 4. The number of ether oxygens (including phenoxy) is 2. The third kappa shape index (κ3) is 3.11. The molecule has 6 nitrogen and oxygen atoms in total. The molecular formula is C16H13BrN4O2S. The Labute approximate surface area is 151 Å². The number of hydrogen-bond donors (Lipinski definition) is 0. The van der Waals surface area contributed by atoms with Gasteiger partial charge < -0.3 is 9.47 Å². The minimum Gasteiger partial charge on any atom is -0.486 e. The van der Waals surface area contributed by atoms with Crippen LogP contribution in [0.5, 0.6) is 11.5 Å². The number of aromatic nitrogens is 4. The van der Waals surface area contributed by atoms with Gasteiger partial charge in [0.15, 0.2) is 11.5 Å². The van der Waals surface area contributed by atoms with E-state index in [9.17, 15) is 0 Å². The monoisotopic (exact) mass is 404 g/mol. The van der Waals surface area contributed by atoms with Crippen molar-refractivity contribution in [3.05, 3.63) is 52.5 Å². The van der Waals surface area contributed by atoms with Crippen molar-refractivity contribution >= 4 is 27.7 Å². The van der Waals surface area contributed by atoms with E-state index in [-0.39, 0.29) is 0 Å². The molecule has 0 fully saturated rings. The Morgan fingerprint density at radius 3 is 2.62 bits per heavy atom. The van der Waals surface area contributed by atoms with Gasteiger partial charge in [-0.3, -0.25) is 0 Å². The van der Waals surface area contributed by atoms with Crippen LogP contribution >= 0.6 is 27.7 Å². The summed E-state index contributed by atoms with van der Waals surface area (Å²) in [5.41, 5.74) is 2.04. The fourth-order valence-electron chi connectivity index (χ4n) is 2.36. The highest BCUT2D eigenvalue weighted by atomic mass is 79.9. The first kappa shape index (κ1) is 15.5. The first-order valence-corrected chi connectivity index (χ1v) is 9.14. The normalized spacial score (nSPS) is 13.0. The Kier molecular flexibility index (Phi) is 4.40. The maximum atomic E-state index is 5.65. The van der Waals surface area contributed by atoms with Crippen LogP contribution in [0.4, 0.5) is 0 Å². The molecule has 4 rings (SSSR count). The molecule has 0 spiro atoms. The van der Waals surface area contributed by atoms with Crippen molar-refractivity contribution < 1.29 is 9.47 Å². The number of fused-ring (bicyclic) bond motifs is 1. The summed E-state index contributed by atoms with van der Waals surface area (Å²) in [6.45, 7) is 1.16. The van der Waals surface area contributed by atoms with Crippen LogP contribution in [0.3, 0.4) is 0 Å². The molecule has 1 aliphatic heterocycles. The molecule has 1 aromatic heterocycles. The third-order valence-electron chi connectivity index (χ3n) is 3.51. The van der Waals surface area contributed by atoms with E-state index < -0.39 is 0 Å². The minimum absolute atomic E-state index is 0.577. The van der Waals surface area contributed by atoms with Gasteiger partial charge in [0.1, 0.15) is 13.2 Å². The lowest BCUT2D eigenvalue weighted by Gasteiger charge is -2.19. The Morgan fingerprint density at radius 1 is 1.08 bits per heavy atom. The number of benzene rings is 2. The average molecular weight is 405 g/mol. The molecule has 2 heterocycles. The molecule has 24 heavy (non-hydrogen) atoms. The van der Waals surface area contributed by atoms with E-state index in [2.05, 4.69) is 31.5 Å². The highest BCUT2D eigenvalue weighted by molar-refractivity contribution is 9.10. The number of tetrazole rings is 1. The summed E-state index contributed by atoms with van der Waals surface area (Å²) in [5, 5.41) is 12.7. The van der Waals surface area contributed by atoms with E-state index in [1.165, 1.54) is 0 Å². The van der Waals surface area contributed by atoms with E-state index in [0.29, 0.717) is 19.0 Å². The summed E-state index contributed by atoms with van der Waals surface area (Å²) in [6, 6.07) is 13.8. The van der Waals surface area contributed by atoms with Crippen LogP contribution in [0.25, 0.3) is 5.69 Å². The lowest BCUT2D eigenvalue weighted by atomic mass is 10.2. The Balaban J connectivity index is 1.55. The molecule has 0 atom stereocenters. The largest absolute Gasteiger partial charge is 0.486 e. The lowest BCUT2D eigenvalue weighted by molar-refractivity contribution is 0.171. The zero-order chi connectivity index (χ0) is 16.4. The quantitative estimate of drug-likeness (QED) is 0.620. The highest BCUT2D eigenvalue weighted by Crippen LogP contribution is 2.37. The summed E-state index contributed by atoms with van der Waals surface area (Å²) in [5.74, 6) is 2.27. The summed E-state index contributed by atoms with van der Waals surface area (Å²) in [4.78, 5) is 0. The number of hydrogen-bond acceptors (Lipinski definition) is 6. The van der Waals surface area contributed by atoms with Crippen molar-refractivity contribution in [2.45, 2.75) is 10.9 Å². The van der Waals surface area contributed by atoms with Gasteiger partial charge in [0, 0.05) is 10.2 Å². The molecule has 0 aliphatic carbocycles. The van der Waals surface area contributed by atoms with Crippen LogP contribution < -0.4 is 9.47 Å². The van der Waals surface area contributed by atoms with E-state index in [4.69, 9.17) is 9.47 Å². The van der Waals surface area contributed by atoms with Gasteiger partial charge in [-0.25, -0.2) is 0 Å². The lowest BCUT2D eigenvalue weighted by Crippen LogP contribution is -2.15. The maximum absolute atomic E-state index is 5.65. The Hall–Kier alpha value is -2.06. The molecule has 8 heteroatoms. The predicted molar refractivity (Wildman–Crippen MR) is 93.8 cm³/mol. The Bertz CT molecular complexity index is 857. The minimum atomic E-state index is 0.577. The van der Waals surface area contributed by atoms with E-state index in [0.717, 1.165) is 32.4 Å². The molecule has 1 aliphatic rings. The molecule has 2 aromatic carbocycles. The smallest absolute Gasteiger partial charge is 0.214 e. The zero-order valence-electron chi connectivity index (χ0n) is 12.6. The number of para-hydroxylation sites is 1. The maximum Gasteiger partial charge on any atom is 0.214 e. The topological polar surface area (TPSA) is 62.1 Å².